The van der Waals surface area contributed by atoms with Gasteiger partial charge in [0, 0.05) is 22.4 Å². The molecule has 2 heteroatoms. The van der Waals surface area contributed by atoms with Gasteiger partial charge >= 0.3 is 0 Å². The molecule has 67 heavy (non-hydrogen) atoms. The summed E-state index contributed by atoms with van der Waals surface area (Å²) in [5, 5.41) is 10.7. The summed E-state index contributed by atoms with van der Waals surface area (Å²) in [5.41, 5.74) is 16.1. The first-order valence-corrected chi connectivity index (χ1v) is 25.5. The summed E-state index contributed by atoms with van der Waals surface area (Å²) < 4.78 is 0. The predicted octanol–water partition coefficient (Wildman–Crippen LogP) is 14.5. The van der Waals surface area contributed by atoms with Crippen LogP contribution >= 0.6 is 0 Å². The van der Waals surface area contributed by atoms with Gasteiger partial charge in [-0.25, -0.2) is 0 Å². The van der Waals surface area contributed by atoms with Gasteiger partial charge in [-0.15, -0.1) is 0 Å². The Morgan fingerprint density at radius 2 is 0.821 bits per heavy atom. The number of benzene rings is 11. The fraction of sp³-hybridized carbons (Fsp3) is 0.0462. The molecule has 0 bridgehead atoms. The molecule has 0 atom stereocenters. The van der Waals surface area contributed by atoms with Gasteiger partial charge in [0.1, 0.15) is 0 Å². The van der Waals surface area contributed by atoms with Gasteiger partial charge < -0.3 is 4.90 Å². The molecule has 1 aliphatic heterocycles. The van der Waals surface area contributed by atoms with Crippen molar-refractivity contribution >= 4 is 67.4 Å². The van der Waals surface area contributed by atoms with Gasteiger partial charge in [0.2, 0.25) is 0 Å². The maximum atomic E-state index is 2.55. The summed E-state index contributed by atoms with van der Waals surface area (Å²) in [6.45, 7) is 4.80. The molecule has 11 aromatic rings. The van der Waals surface area contributed by atoms with Crippen molar-refractivity contribution in [1.29, 1.82) is 0 Å². The maximum Gasteiger partial charge on any atom is 0.180 e. The average Bonchev–Trinajstić information content (AvgIpc) is 3.82. The molecular formula is C65H47NSi. The molecule has 2 aliphatic rings. The second kappa shape index (κ2) is 15.3. The van der Waals surface area contributed by atoms with E-state index in [0.29, 0.717) is 0 Å². The Balaban J connectivity index is 1.06. The van der Waals surface area contributed by atoms with Crippen molar-refractivity contribution in [2.75, 3.05) is 4.90 Å². The molecule has 11 aromatic carbocycles. The van der Waals surface area contributed by atoms with Crippen LogP contribution in [-0.2, 0) is 5.41 Å². The SMILES string of the molecule is CC1(C)c2cc(-c3ccccc3)ccc2-c2ccc(N(c3ccc(-c4ccccc4)cc3)c3cccc4c3-c3ccccc3[Si]4(c3ccc4ccccc4c3)c3ccc4ccccc4c3)cc21. The molecule has 0 spiro atoms. The number of anilines is 3. The van der Waals surface area contributed by atoms with E-state index in [-0.39, 0.29) is 5.41 Å². The van der Waals surface area contributed by atoms with E-state index in [9.17, 15) is 0 Å². The van der Waals surface area contributed by atoms with E-state index in [1.807, 2.05) is 0 Å². The van der Waals surface area contributed by atoms with Gasteiger partial charge in [-0.2, -0.15) is 0 Å². The lowest BCUT2D eigenvalue weighted by molar-refractivity contribution is 0.660. The van der Waals surface area contributed by atoms with E-state index in [2.05, 4.69) is 267 Å². The van der Waals surface area contributed by atoms with E-state index < -0.39 is 8.07 Å². The van der Waals surface area contributed by atoms with Crippen molar-refractivity contribution in [3.8, 4) is 44.5 Å². The van der Waals surface area contributed by atoms with E-state index in [0.717, 1.165) is 11.4 Å². The van der Waals surface area contributed by atoms with Crippen molar-refractivity contribution < 1.29 is 0 Å². The molecule has 0 fully saturated rings. The van der Waals surface area contributed by atoms with Gasteiger partial charge in [-0.05, 0) is 129 Å². The summed E-state index contributed by atoms with van der Waals surface area (Å²) >= 11 is 0. The zero-order valence-electron chi connectivity index (χ0n) is 37.6. The van der Waals surface area contributed by atoms with Gasteiger partial charge in [0.25, 0.3) is 0 Å². The average molecular weight is 870 g/mol. The van der Waals surface area contributed by atoms with Crippen molar-refractivity contribution in [2.45, 2.75) is 19.3 Å². The fourth-order valence-corrected chi connectivity index (χ4v) is 16.9. The third-order valence-electron chi connectivity index (χ3n) is 14.9. The highest BCUT2D eigenvalue weighted by Gasteiger charge is 2.50. The molecule has 0 saturated heterocycles. The Labute approximate surface area is 393 Å². The number of hydrogen-bond donors (Lipinski definition) is 0. The predicted molar refractivity (Wildman–Crippen MR) is 287 cm³/mol. The van der Waals surface area contributed by atoms with Crippen molar-refractivity contribution in [1.82, 2.24) is 0 Å². The topological polar surface area (TPSA) is 3.24 Å². The third kappa shape index (κ3) is 6.07. The van der Waals surface area contributed by atoms with Crippen LogP contribution < -0.4 is 25.6 Å². The van der Waals surface area contributed by atoms with Crippen molar-refractivity contribution in [3.05, 3.63) is 260 Å². The van der Waals surface area contributed by atoms with Crippen LogP contribution in [-0.4, -0.2) is 8.07 Å². The second-order valence-electron chi connectivity index (χ2n) is 18.8. The molecule has 316 valence electrons. The normalized spacial score (nSPS) is 13.8. The lowest BCUT2D eigenvalue weighted by Crippen LogP contribution is -2.72. The van der Waals surface area contributed by atoms with Crippen LogP contribution in [0.25, 0.3) is 66.1 Å². The lowest BCUT2D eigenvalue weighted by atomic mass is 9.81. The Hall–Kier alpha value is -8.04. The highest BCUT2D eigenvalue weighted by atomic mass is 28.3. The van der Waals surface area contributed by atoms with Gasteiger partial charge in [-0.1, -0.05) is 226 Å². The smallest absolute Gasteiger partial charge is 0.180 e. The lowest BCUT2D eigenvalue weighted by Gasteiger charge is -2.33. The molecular weight excluding hydrogens is 823 g/mol. The number of hydrogen-bond acceptors (Lipinski definition) is 1. The largest absolute Gasteiger partial charge is 0.310 e. The Kier molecular flexibility index (Phi) is 8.97. The molecule has 0 unspecified atom stereocenters. The van der Waals surface area contributed by atoms with Crippen molar-refractivity contribution in [3.63, 3.8) is 0 Å². The van der Waals surface area contributed by atoms with Gasteiger partial charge in [-0.3, -0.25) is 0 Å². The Morgan fingerprint density at radius 3 is 1.48 bits per heavy atom. The number of nitrogens with zero attached hydrogens (tertiary/aromatic N) is 1. The van der Waals surface area contributed by atoms with Crippen LogP contribution in [0.3, 0.4) is 0 Å². The summed E-state index contributed by atoms with van der Waals surface area (Å²) in [6, 6.07) is 93.7. The first-order valence-electron chi connectivity index (χ1n) is 23.5. The fourth-order valence-electron chi connectivity index (χ4n) is 11.7. The highest BCUT2D eigenvalue weighted by Crippen LogP contribution is 2.52. The maximum absolute atomic E-state index is 2.94. The Bertz CT molecular complexity index is 3640. The van der Waals surface area contributed by atoms with Gasteiger partial charge in [0.15, 0.2) is 8.07 Å². The van der Waals surface area contributed by atoms with Crippen LogP contribution in [0, 0.1) is 0 Å². The zero-order valence-corrected chi connectivity index (χ0v) is 38.6. The van der Waals surface area contributed by atoms with Crippen molar-refractivity contribution in [2.24, 2.45) is 0 Å². The number of rotatable bonds is 7. The first-order chi connectivity index (χ1) is 33.0. The minimum absolute atomic E-state index is 0.215. The molecule has 0 saturated carbocycles. The molecule has 0 N–H and O–H groups in total. The summed E-state index contributed by atoms with van der Waals surface area (Å²) in [6.07, 6.45) is 0. The molecule has 1 aliphatic carbocycles. The summed E-state index contributed by atoms with van der Waals surface area (Å²) in [5.74, 6) is 0. The van der Waals surface area contributed by atoms with Crippen LogP contribution in [0.4, 0.5) is 17.1 Å². The van der Waals surface area contributed by atoms with E-state index >= 15 is 0 Å². The van der Waals surface area contributed by atoms with E-state index in [4.69, 9.17) is 0 Å². The highest BCUT2D eigenvalue weighted by molar-refractivity contribution is 7.22. The Morgan fingerprint density at radius 1 is 0.328 bits per heavy atom. The summed E-state index contributed by atoms with van der Waals surface area (Å²) in [4.78, 5) is 2.55. The minimum atomic E-state index is -2.94. The zero-order chi connectivity index (χ0) is 44.7. The molecule has 1 heterocycles. The quantitative estimate of drug-likeness (QED) is 0.144. The minimum Gasteiger partial charge on any atom is -0.310 e. The molecule has 13 rings (SSSR count). The number of fused-ring (bicyclic) bond motifs is 8. The van der Waals surface area contributed by atoms with Gasteiger partial charge in [0.05, 0.1) is 5.69 Å². The van der Waals surface area contributed by atoms with Crippen LogP contribution in [0.15, 0.2) is 249 Å². The molecule has 0 amide bonds. The van der Waals surface area contributed by atoms with Crippen LogP contribution in [0.5, 0.6) is 0 Å². The molecule has 0 aromatic heterocycles. The molecule has 1 nitrogen and oxygen atoms in total. The van der Waals surface area contributed by atoms with Crippen LogP contribution in [0.1, 0.15) is 25.0 Å². The standard InChI is InChI=1S/C65H47NSi/c1-65(2)59-42-51(45-18-7-4-8-19-45)32-38-56(59)57-39-35-53(43-60(57)65)66(52-33-28-48(29-34-52)44-16-5-3-6-17-44)61-25-15-27-63-64(61)58-24-13-14-26-62(58)67(63,54-36-30-46-20-9-11-22-49(46)40-54)55-37-31-47-21-10-12-23-50(47)41-55/h3-43H,1-2H3. The second-order valence-corrected chi connectivity index (χ2v) is 22.6. The van der Waals surface area contributed by atoms with E-state index in [1.165, 1.54) is 104 Å². The molecule has 0 radical (unpaired) electrons. The van der Waals surface area contributed by atoms with E-state index in [1.54, 1.807) is 0 Å². The monoisotopic (exact) mass is 869 g/mol. The van der Waals surface area contributed by atoms with Crippen LogP contribution in [0.2, 0.25) is 0 Å². The first kappa shape index (κ1) is 39.3. The summed E-state index contributed by atoms with van der Waals surface area (Å²) in [7, 11) is -2.94. The third-order valence-corrected chi connectivity index (χ3v) is 19.7.